The highest BCUT2D eigenvalue weighted by Crippen LogP contribution is 2.32. The second kappa shape index (κ2) is 8.89. The molecule has 144 valence electrons. The van der Waals surface area contributed by atoms with Gasteiger partial charge in [-0.05, 0) is 49.9 Å². The standard InChI is InChI=1S/C24H28N4/c25-15-6-7-16-26-24-23-21(14-17-27-24)20-12-4-5-13-22(20)28(23)18-8-11-19-9-2-1-3-10-19/h1-5,9-10,12-14,17H,6-8,11,15-16,18,25H2,(H,26,27). The summed E-state index contributed by atoms with van der Waals surface area (Å²) in [7, 11) is 0. The summed E-state index contributed by atoms with van der Waals surface area (Å²) in [6.07, 6.45) is 6.17. The molecule has 0 amide bonds. The predicted octanol–water partition coefficient (Wildman–Crippen LogP) is 4.97. The monoisotopic (exact) mass is 372 g/mol. The number of unbranched alkanes of at least 4 members (excludes halogenated alkanes) is 1. The molecule has 0 aliphatic heterocycles. The van der Waals surface area contributed by atoms with Gasteiger partial charge in [0.25, 0.3) is 0 Å². The summed E-state index contributed by atoms with van der Waals surface area (Å²) in [5, 5.41) is 6.11. The van der Waals surface area contributed by atoms with E-state index in [-0.39, 0.29) is 0 Å². The lowest BCUT2D eigenvalue weighted by Gasteiger charge is -2.12. The van der Waals surface area contributed by atoms with Crippen molar-refractivity contribution in [1.82, 2.24) is 9.55 Å². The number of nitrogens with zero attached hydrogens (tertiary/aromatic N) is 2. The van der Waals surface area contributed by atoms with Crippen LogP contribution in [0.1, 0.15) is 24.8 Å². The Morgan fingerprint density at radius 3 is 2.54 bits per heavy atom. The highest BCUT2D eigenvalue weighted by molar-refractivity contribution is 6.11. The highest BCUT2D eigenvalue weighted by atomic mass is 15.1. The quantitative estimate of drug-likeness (QED) is 0.408. The number of hydrogen-bond acceptors (Lipinski definition) is 3. The van der Waals surface area contributed by atoms with E-state index in [1.54, 1.807) is 0 Å². The predicted molar refractivity (Wildman–Crippen MR) is 119 cm³/mol. The molecule has 4 rings (SSSR count). The zero-order chi connectivity index (χ0) is 19.2. The van der Waals surface area contributed by atoms with Crippen LogP contribution in [-0.4, -0.2) is 22.6 Å². The third-order valence-corrected chi connectivity index (χ3v) is 5.29. The van der Waals surface area contributed by atoms with E-state index in [1.807, 2.05) is 6.20 Å². The maximum Gasteiger partial charge on any atom is 0.150 e. The molecule has 0 radical (unpaired) electrons. The number of aryl methyl sites for hydroxylation is 2. The number of rotatable bonds is 9. The summed E-state index contributed by atoms with van der Waals surface area (Å²) < 4.78 is 2.44. The molecule has 3 N–H and O–H groups in total. The van der Waals surface area contributed by atoms with Gasteiger partial charge in [-0.25, -0.2) is 4.98 Å². The molecule has 0 bridgehead atoms. The van der Waals surface area contributed by atoms with Gasteiger partial charge >= 0.3 is 0 Å². The van der Waals surface area contributed by atoms with Crippen LogP contribution < -0.4 is 11.1 Å². The van der Waals surface area contributed by atoms with Crippen molar-refractivity contribution in [3.8, 4) is 0 Å². The highest BCUT2D eigenvalue weighted by Gasteiger charge is 2.14. The van der Waals surface area contributed by atoms with Crippen LogP contribution in [0.5, 0.6) is 0 Å². The first-order valence-corrected chi connectivity index (χ1v) is 10.2. The molecule has 0 saturated heterocycles. The second-order valence-corrected chi connectivity index (χ2v) is 7.24. The molecule has 28 heavy (non-hydrogen) atoms. The van der Waals surface area contributed by atoms with Crippen molar-refractivity contribution in [2.24, 2.45) is 5.73 Å². The molecule has 0 unspecified atom stereocenters. The molecule has 4 aromatic rings. The molecule has 2 aromatic heterocycles. The molecular formula is C24H28N4. The fourth-order valence-electron chi connectivity index (χ4n) is 3.93. The fraction of sp³-hybridized carbons (Fsp3) is 0.292. The lowest BCUT2D eigenvalue weighted by atomic mass is 10.1. The molecule has 0 fully saturated rings. The summed E-state index contributed by atoms with van der Waals surface area (Å²) in [5.74, 6) is 0.977. The van der Waals surface area contributed by atoms with Crippen LogP contribution in [0.2, 0.25) is 0 Å². The zero-order valence-electron chi connectivity index (χ0n) is 16.3. The van der Waals surface area contributed by atoms with Crippen molar-refractivity contribution in [2.45, 2.75) is 32.2 Å². The van der Waals surface area contributed by atoms with E-state index in [4.69, 9.17) is 5.73 Å². The van der Waals surface area contributed by atoms with Gasteiger partial charge < -0.3 is 15.6 Å². The van der Waals surface area contributed by atoms with Crippen molar-refractivity contribution < 1.29 is 0 Å². The van der Waals surface area contributed by atoms with Crippen LogP contribution in [0.3, 0.4) is 0 Å². The molecule has 0 saturated carbocycles. The van der Waals surface area contributed by atoms with Gasteiger partial charge in [0, 0.05) is 35.6 Å². The van der Waals surface area contributed by atoms with Crippen LogP contribution in [0.15, 0.2) is 66.9 Å². The summed E-state index contributed by atoms with van der Waals surface area (Å²) in [6.45, 7) is 2.61. The summed E-state index contributed by atoms with van der Waals surface area (Å²) in [5.41, 5.74) is 9.51. The first kappa shape index (κ1) is 18.5. The second-order valence-electron chi connectivity index (χ2n) is 7.24. The van der Waals surface area contributed by atoms with Crippen LogP contribution >= 0.6 is 0 Å². The first-order chi connectivity index (χ1) is 13.9. The average Bonchev–Trinajstić information content (AvgIpc) is 3.07. The molecule has 2 aromatic carbocycles. The van der Waals surface area contributed by atoms with Gasteiger partial charge in [-0.3, -0.25) is 0 Å². The van der Waals surface area contributed by atoms with Crippen LogP contribution in [0.4, 0.5) is 5.82 Å². The van der Waals surface area contributed by atoms with E-state index < -0.39 is 0 Å². The average molecular weight is 373 g/mol. The van der Waals surface area contributed by atoms with Crippen molar-refractivity contribution in [1.29, 1.82) is 0 Å². The van der Waals surface area contributed by atoms with Gasteiger partial charge in [-0.1, -0.05) is 48.5 Å². The number of fused-ring (bicyclic) bond motifs is 3. The molecule has 0 aliphatic carbocycles. The summed E-state index contributed by atoms with van der Waals surface area (Å²) >= 11 is 0. The summed E-state index contributed by atoms with van der Waals surface area (Å²) in [4.78, 5) is 4.66. The molecule has 4 heteroatoms. The topological polar surface area (TPSA) is 55.9 Å². The third-order valence-electron chi connectivity index (χ3n) is 5.29. The van der Waals surface area contributed by atoms with Crippen molar-refractivity contribution in [2.75, 3.05) is 18.4 Å². The van der Waals surface area contributed by atoms with E-state index in [0.29, 0.717) is 0 Å². The minimum absolute atomic E-state index is 0.735. The largest absolute Gasteiger partial charge is 0.368 e. The van der Waals surface area contributed by atoms with Gasteiger partial charge in [-0.2, -0.15) is 0 Å². The molecule has 0 aliphatic rings. The molecule has 0 atom stereocenters. The molecule has 2 heterocycles. The normalized spacial score (nSPS) is 11.3. The van der Waals surface area contributed by atoms with Gasteiger partial charge in [0.1, 0.15) is 0 Å². The molecule has 0 spiro atoms. The Kier molecular flexibility index (Phi) is 5.88. The van der Waals surface area contributed by atoms with Gasteiger partial charge in [0.2, 0.25) is 0 Å². The zero-order valence-corrected chi connectivity index (χ0v) is 16.3. The number of pyridine rings is 1. The first-order valence-electron chi connectivity index (χ1n) is 10.2. The lowest BCUT2D eigenvalue weighted by Crippen LogP contribution is -2.08. The Morgan fingerprint density at radius 2 is 1.68 bits per heavy atom. The van der Waals surface area contributed by atoms with Crippen LogP contribution in [0.25, 0.3) is 21.8 Å². The number of anilines is 1. The van der Waals surface area contributed by atoms with Crippen LogP contribution in [-0.2, 0) is 13.0 Å². The van der Waals surface area contributed by atoms with E-state index in [2.05, 4.69) is 75.5 Å². The Hall–Kier alpha value is -2.85. The van der Waals surface area contributed by atoms with E-state index in [9.17, 15) is 0 Å². The fourth-order valence-corrected chi connectivity index (χ4v) is 3.93. The van der Waals surface area contributed by atoms with Crippen molar-refractivity contribution in [3.63, 3.8) is 0 Å². The number of para-hydroxylation sites is 1. The minimum atomic E-state index is 0.735. The van der Waals surface area contributed by atoms with E-state index >= 15 is 0 Å². The Labute approximate surface area is 166 Å². The Morgan fingerprint density at radius 1 is 0.857 bits per heavy atom. The van der Waals surface area contributed by atoms with Gasteiger partial charge in [0.05, 0.1) is 5.52 Å². The van der Waals surface area contributed by atoms with Crippen molar-refractivity contribution in [3.05, 3.63) is 72.4 Å². The maximum atomic E-state index is 5.63. The minimum Gasteiger partial charge on any atom is -0.368 e. The lowest BCUT2D eigenvalue weighted by molar-refractivity contribution is 0.677. The summed E-state index contributed by atoms with van der Waals surface area (Å²) in [6, 6.07) is 21.5. The number of nitrogens with two attached hydrogens (primary N) is 1. The Balaban J connectivity index is 1.65. The van der Waals surface area contributed by atoms with Gasteiger partial charge in [-0.15, -0.1) is 0 Å². The number of hydrogen-bond donors (Lipinski definition) is 2. The number of benzene rings is 2. The van der Waals surface area contributed by atoms with E-state index in [0.717, 1.165) is 51.1 Å². The number of nitrogens with one attached hydrogen (secondary N) is 1. The smallest absolute Gasteiger partial charge is 0.150 e. The van der Waals surface area contributed by atoms with Crippen molar-refractivity contribution >= 4 is 27.6 Å². The molecular weight excluding hydrogens is 344 g/mol. The molecule has 4 nitrogen and oxygen atoms in total. The van der Waals surface area contributed by atoms with E-state index in [1.165, 1.54) is 27.4 Å². The maximum absolute atomic E-state index is 5.63. The SMILES string of the molecule is NCCCCNc1nccc2c3ccccc3n(CCCc3ccccc3)c12. The van der Waals surface area contributed by atoms with Gasteiger partial charge in [0.15, 0.2) is 5.82 Å². The van der Waals surface area contributed by atoms with Crippen LogP contribution in [0, 0.1) is 0 Å². The Bertz CT molecular complexity index is 1040. The third kappa shape index (κ3) is 3.87. The number of aromatic nitrogens is 2.